The molecule has 0 aliphatic rings. The zero-order chi connectivity index (χ0) is 16.0. The second-order valence-corrected chi connectivity index (χ2v) is 6.83. The molecule has 0 radical (unpaired) electrons. The first-order chi connectivity index (χ1) is 11.1. The number of anilines is 2. The van der Waals surface area contributed by atoms with Crippen molar-refractivity contribution in [1.82, 2.24) is 24.6 Å². The van der Waals surface area contributed by atoms with E-state index in [4.69, 9.17) is 0 Å². The third kappa shape index (κ3) is 2.53. The minimum absolute atomic E-state index is 0.446. The summed E-state index contributed by atoms with van der Waals surface area (Å²) in [6.07, 6.45) is 1.51. The molecule has 116 valence electrons. The molecule has 4 aromatic rings. The van der Waals surface area contributed by atoms with Crippen molar-refractivity contribution >= 4 is 38.8 Å². The molecular formula is C16H16N6S. The maximum Gasteiger partial charge on any atom is 0.254 e. The summed E-state index contributed by atoms with van der Waals surface area (Å²) in [5.41, 5.74) is 2.94. The van der Waals surface area contributed by atoms with Crippen LogP contribution in [0.1, 0.15) is 30.5 Å². The maximum atomic E-state index is 4.67. The van der Waals surface area contributed by atoms with Crippen molar-refractivity contribution < 1.29 is 0 Å². The largest absolute Gasteiger partial charge is 0.340 e. The molecular weight excluding hydrogens is 308 g/mol. The van der Waals surface area contributed by atoms with Gasteiger partial charge in [0.25, 0.3) is 5.78 Å². The van der Waals surface area contributed by atoms with E-state index in [0.717, 1.165) is 27.7 Å². The van der Waals surface area contributed by atoms with Crippen LogP contribution in [0.4, 0.5) is 11.5 Å². The summed E-state index contributed by atoms with van der Waals surface area (Å²) in [6.45, 7) is 6.28. The van der Waals surface area contributed by atoms with Crippen LogP contribution in [0.25, 0.3) is 16.0 Å². The first-order valence-electron chi connectivity index (χ1n) is 7.45. The third-order valence-electron chi connectivity index (χ3n) is 3.55. The number of nitrogens with zero attached hydrogens (tertiary/aromatic N) is 5. The molecule has 0 aliphatic carbocycles. The summed E-state index contributed by atoms with van der Waals surface area (Å²) in [7, 11) is 0. The molecule has 0 spiro atoms. The van der Waals surface area contributed by atoms with E-state index in [2.05, 4.69) is 45.3 Å². The molecule has 23 heavy (non-hydrogen) atoms. The molecule has 1 N–H and O–H groups in total. The Morgan fingerprint density at radius 3 is 2.87 bits per heavy atom. The van der Waals surface area contributed by atoms with Crippen molar-refractivity contribution in [3.8, 4) is 0 Å². The predicted octanol–water partition coefficient (Wildman–Crippen LogP) is 3.91. The second kappa shape index (κ2) is 5.27. The highest BCUT2D eigenvalue weighted by Crippen LogP contribution is 2.30. The van der Waals surface area contributed by atoms with Crippen LogP contribution in [0.3, 0.4) is 0 Å². The Kier molecular flexibility index (Phi) is 3.23. The monoisotopic (exact) mass is 324 g/mol. The highest BCUT2D eigenvalue weighted by atomic mass is 32.1. The number of rotatable bonds is 3. The smallest absolute Gasteiger partial charge is 0.254 e. The van der Waals surface area contributed by atoms with E-state index < -0.39 is 0 Å². The molecule has 0 unspecified atom stereocenters. The summed E-state index contributed by atoms with van der Waals surface area (Å²) in [6, 6.07) is 8.16. The fourth-order valence-corrected chi connectivity index (χ4v) is 3.44. The zero-order valence-electron chi connectivity index (χ0n) is 13.1. The van der Waals surface area contributed by atoms with E-state index in [1.54, 1.807) is 15.9 Å². The summed E-state index contributed by atoms with van der Waals surface area (Å²) in [5.74, 6) is 1.88. The number of fused-ring (bicyclic) bond motifs is 2. The Morgan fingerprint density at radius 2 is 2.04 bits per heavy atom. The molecule has 0 amide bonds. The van der Waals surface area contributed by atoms with Gasteiger partial charge in [0.2, 0.25) is 0 Å². The van der Waals surface area contributed by atoms with Gasteiger partial charge in [-0.15, -0.1) is 11.3 Å². The first-order valence-corrected chi connectivity index (χ1v) is 8.27. The second-order valence-electron chi connectivity index (χ2n) is 5.77. The lowest BCUT2D eigenvalue weighted by atomic mass is 10.2. The Hall–Kier alpha value is -2.54. The third-order valence-corrected chi connectivity index (χ3v) is 4.87. The number of hydrogen-bond acceptors (Lipinski definition) is 6. The number of hydrogen-bond donors (Lipinski definition) is 1. The Balaban J connectivity index is 1.75. The van der Waals surface area contributed by atoms with Crippen molar-refractivity contribution in [3.05, 3.63) is 41.3 Å². The van der Waals surface area contributed by atoms with E-state index >= 15 is 0 Å². The van der Waals surface area contributed by atoms with Crippen LogP contribution in [0.15, 0.2) is 30.6 Å². The molecule has 6 nitrogen and oxygen atoms in total. The lowest BCUT2D eigenvalue weighted by Crippen LogP contribution is -2.02. The lowest BCUT2D eigenvalue weighted by Gasteiger charge is -2.08. The van der Waals surface area contributed by atoms with Crippen LogP contribution in [0.5, 0.6) is 0 Å². The average molecular weight is 324 g/mol. The summed E-state index contributed by atoms with van der Waals surface area (Å²) < 4.78 is 2.88. The van der Waals surface area contributed by atoms with Gasteiger partial charge in [-0.2, -0.15) is 14.6 Å². The van der Waals surface area contributed by atoms with Crippen LogP contribution >= 0.6 is 11.3 Å². The van der Waals surface area contributed by atoms with Gasteiger partial charge in [-0.05, 0) is 25.1 Å². The minimum Gasteiger partial charge on any atom is -0.340 e. The molecule has 0 saturated carbocycles. The van der Waals surface area contributed by atoms with E-state index in [1.807, 2.05) is 25.1 Å². The van der Waals surface area contributed by atoms with Gasteiger partial charge in [-0.25, -0.2) is 9.97 Å². The fraction of sp³-hybridized carbons (Fsp3) is 0.250. The van der Waals surface area contributed by atoms with Gasteiger partial charge in [0, 0.05) is 23.4 Å². The zero-order valence-corrected chi connectivity index (χ0v) is 13.9. The van der Waals surface area contributed by atoms with Crippen molar-refractivity contribution in [1.29, 1.82) is 0 Å². The molecule has 7 heteroatoms. The quantitative estimate of drug-likeness (QED) is 0.619. The number of nitrogens with one attached hydrogen (secondary N) is 1. The molecule has 0 bridgehead atoms. The van der Waals surface area contributed by atoms with E-state index in [9.17, 15) is 0 Å². The van der Waals surface area contributed by atoms with Gasteiger partial charge in [0.05, 0.1) is 15.2 Å². The molecule has 0 fully saturated rings. The highest BCUT2D eigenvalue weighted by Gasteiger charge is 2.09. The van der Waals surface area contributed by atoms with Gasteiger partial charge in [0.15, 0.2) is 0 Å². The molecule has 3 heterocycles. The first kappa shape index (κ1) is 14.1. The standard InChI is InChI=1S/C16H16N6S/c1-9(2)15-21-12-5-4-11(7-13(12)23-15)20-14-6-10(3)19-16-17-8-18-22(14)16/h4-9,20H,1-3H3. The van der Waals surface area contributed by atoms with E-state index in [1.165, 1.54) is 11.0 Å². The van der Waals surface area contributed by atoms with Crippen LogP contribution in [0.2, 0.25) is 0 Å². The average Bonchev–Trinajstić information content (AvgIpc) is 3.12. The number of thiazole rings is 1. The van der Waals surface area contributed by atoms with Crippen molar-refractivity contribution in [2.24, 2.45) is 0 Å². The summed E-state index contributed by atoms with van der Waals surface area (Å²) >= 11 is 1.74. The molecule has 0 aliphatic heterocycles. The molecule has 1 aromatic carbocycles. The van der Waals surface area contributed by atoms with Gasteiger partial charge in [0.1, 0.15) is 12.1 Å². The van der Waals surface area contributed by atoms with Crippen molar-refractivity contribution in [2.45, 2.75) is 26.7 Å². The van der Waals surface area contributed by atoms with Gasteiger partial charge in [-0.1, -0.05) is 13.8 Å². The normalized spacial score (nSPS) is 11.7. The number of aryl methyl sites for hydroxylation is 1. The Labute approximate surface area is 137 Å². The summed E-state index contributed by atoms with van der Waals surface area (Å²) in [5, 5.41) is 8.78. The maximum absolute atomic E-state index is 4.67. The minimum atomic E-state index is 0.446. The predicted molar refractivity (Wildman–Crippen MR) is 92.5 cm³/mol. The van der Waals surface area contributed by atoms with E-state index in [-0.39, 0.29) is 0 Å². The number of aromatic nitrogens is 5. The Morgan fingerprint density at radius 1 is 1.17 bits per heavy atom. The fourth-order valence-electron chi connectivity index (χ4n) is 2.43. The van der Waals surface area contributed by atoms with Crippen LogP contribution in [-0.4, -0.2) is 24.6 Å². The van der Waals surface area contributed by atoms with Crippen molar-refractivity contribution in [3.63, 3.8) is 0 Å². The molecule has 4 rings (SSSR count). The van der Waals surface area contributed by atoms with E-state index in [0.29, 0.717) is 11.7 Å². The van der Waals surface area contributed by atoms with Crippen LogP contribution < -0.4 is 5.32 Å². The highest BCUT2D eigenvalue weighted by molar-refractivity contribution is 7.18. The van der Waals surface area contributed by atoms with Gasteiger partial charge >= 0.3 is 0 Å². The van der Waals surface area contributed by atoms with Crippen molar-refractivity contribution in [2.75, 3.05) is 5.32 Å². The van der Waals surface area contributed by atoms with Crippen LogP contribution in [-0.2, 0) is 0 Å². The lowest BCUT2D eigenvalue weighted by molar-refractivity contribution is 0.857. The summed E-state index contributed by atoms with van der Waals surface area (Å²) in [4.78, 5) is 13.2. The van der Waals surface area contributed by atoms with Gasteiger partial charge < -0.3 is 5.32 Å². The molecule has 0 saturated heterocycles. The van der Waals surface area contributed by atoms with Gasteiger partial charge in [-0.3, -0.25) is 0 Å². The SMILES string of the molecule is Cc1cc(Nc2ccc3nc(C(C)C)sc3c2)n2ncnc2n1. The Bertz CT molecular complexity index is 1000. The molecule has 0 atom stereocenters. The number of benzene rings is 1. The van der Waals surface area contributed by atoms with Crippen LogP contribution in [0, 0.1) is 6.92 Å². The molecule has 3 aromatic heterocycles. The topological polar surface area (TPSA) is 68.0 Å².